The van der Waals surface area contributed by atoms with Crippen LogP contribution >= 0.6 is 0 Å². The minimum atomic E-state index is -0.296. The fourth-order valence-corrected chi connectivity index (χ4v) is 1.60. The van der Waals surface area contributed by atoms with E-state index in [4.69, 9.17) is 0 Å². The van der Waals surface area contributed by atoms with Crippen molar-refractivity contribution >= 4 is 5.91 Å². The van der Waals surface area contributed by atoms with Crippen LogP contribution in [0.25, 0.3) is 0 Å². The molecule has 0 aliphatic rings. The summed E-state index contributed by atoms with van der Waals surface area (Å²) in [6.45, 7) is 1.48. The summed E-state index contributed by atoms with van der Waals surface area (Å²) in [7, 11) is 0. The Morgan fingerprint density at radius 2 is 1.59 bits per heavy atom. The Morgan fingerprint density at radius 3 is 1.94 bits per heavy atom. The Labute approximate surface area is 99.7 Å². The monoisotopic (exact) mass is 227 g/mol. The zero-order chi connectivity index (χ0) is 12.1. The van der Waals surface area contributed by atoms with Crippen molar-refractivity contribution in [1.29, 1.82) is 0 Å². The molecule has 1 N–H and O–H groups in total. The first kappa shape index (κ1) is 11.3. The summed E-state index contributed by atoms with van der Waals surface area (Å²) < 4.78 is 0. The molecule has 4 nitrogen and oxygen atoms in total. The van der Waals surface area contributed by atoms with Gasteiger partial charge in [-0.25, -0.2) is 0 Å². The van der Waals surface area contributed by atoms with Gasteiger partial charge in [-0.3, -0.25) is 14.8 Å². The van der Waals surface area contributed by atoms with E-state index in [-0.39, 0.29) is 11.9 Å². The lowest BCUT2D eigenvalue weighted by molar-refractivity contribution is -0.119. The molecule has 0 atom stereocenters. The maximum Gasteiger partial charge on any atom is 0.217 e. The molecule has 0 aliphatic carbocycles. The van der Waals surface area contributed by atoms with E-state index >= 15 is 0 Å². The molecule has 0 radical (unpaired) electrons. The maximum absolute atomic E-state index is 11.2. The number of nitrogens with zero attached hydrogens (tertiary/aromatic N) is 2. The second-order valence-corrected chi connectivity index (χ2v) is 3.64. The number of rotatable bonds is 3. The molecule has 4 heteroatoms. The molecule has 1 amide bonds. The quantitative estimate of drug-likeness (QED) is 0.868. The van der Waals surface area contributed by atoms with Gasteiger partial charge in [-0.1, -0.05) is 12.1 Å². The molecule has 2 heterocycles. The second-order valence-electron chi connectivity index (χ2n) is 3.64. The normalized spacial score (nSPS) is 10.2. The highest BCUT2D eigenvalue weighted by molar-refractivity contribution is 5.73. The Bertz CT molecular complexity index is 445. The maximum atomic E-state index is 11.2. The minimum Gasteiger partial charge on any atom is -0.342 e. The predicted octanol–water partition coefficient (Wildman–Crippen LogP) is 1.70. The molecule has 0 unspecified atom stereocenters. The van der Waals surface area contributed by atoms with Crippen LogP contribution in [-0.2, 0) is 4.79 Å². The summed E-state index contributed by atoms with van der Waals surface area (Å²) in [4.78, 5) is 19.7. The van der Waals surface area contributed by atoms with E-state index in [0.717, 1.165) is 11.4 Å². The van der Waals surface area contributed by atoms with Gasteiger partial charge in [0.25, 0.3) is 0 Å². The van der Waals surface area contributed by atoms with Crippen molar-refractivity contribution < 1.29 is 4.79 Å². The number of carbonyl (C=O) groups excluding carboxylic acids is 1. The molecule has 0 saturated heterocycles. The molecular weight excluding hydrogens is 214 g/mol. The highest BCUT2D eigenvalue weighted by Gasteiger charge is 2.16. The summed E-state index contributed by atoms with van der Waals surface area (Å²) >= 11 is 0. The third kappa shape index (κ3) is 2.87. The lowest BCUT2D eigenvalue weighted by Crippen LogP contribution is -2.28. The van der Waals surface area contributed by atoms with Crippen LogP contribution in [0.2, 0.25) is 0 Å². The molecule has 86 valence electrons. The van der Waals surface area contributed by atoms with Crippen LogP contribution in [0.1, 0.15) is 24.4 Å². The number of carbonyl (C=O) groups is 1. The summed E-state index contributed by atoms with van der Waals surface area (Å²) in [5.41, 5.74) is 1.56. The lowest BCUT2D eigenvalue weighted by Gasteiger charge is -2.16. The van der Waals surface area contributed by atoms with E-state index in [9.17, 15) is 4.79 Å². The average Bonchev–Trinajstić information content (AvgIpc) is 2.38. The number of hydrogen-bond donors (Lipinski definition) is 1. The van der Waals surface area contributed by atoms with Crippen molar-refractivity contribution in [2.75, 3.05) is 0 Å². The molecule has 2 rings (SSSR count). The van der Waals surface area contributed by atoms with E-state index in [1.165, 1.54) is 6.92 Å². The summed E-state index contributed by atoms with van der Waals surface area (Å²) in [5.74, 6) is -0.105. The standard InChI is InChI=1S/C13H13N3O/c1-10(17)16-13(11-6-2-4-8-14-11)12-7-3-5-9-15-12/h2-9,13H,1H3,(H,16,17). The number of amides is 1. The third-order valence-corrected chi connectivity index (χ3v) is 2.31. The molecule has 0 spiro atoms. The molecule has 2 aromatic rings. The zero-order valence-electron chi connectivity index (χ0n) is 9.50. The fraction of sp³-hybridized carbons (Fsp3) is 0.154. The topological polar surface area (TPSA) is 54.9 Å². The van der Waals surface area contributed by atoms with Gasteiger partial charge in [-0.05, 0) is 24.3 Å². The van der Waals surface area contributed by atoms with Gasteiger partial charge in [0, 0.05) is 19.3 Å². The van der Waals surface area contributed by atoms with Crippen LogP contribution in [0, 0.1) is 0 Å². The SMILES string of the molecule is CC(=O)NC(c1ccccn1)c1ccccn1. The van der Waals surface area contributed by atoms with Gasteiger partial charge in [-0.2, -0.15) is 0 Å². The van der Waals surface area contributed by atoms with Gasteiger partial charge >= 0.3 is 0 Å². The first-order chi connectivity index (χ1) is 8.27. The van der Waals surface area contributed by atoms with Crippen LogP contribution in [-0.4, -0.2) is 15.9 Å². The summed E-state index contributed by atoms with van der Waals surface area (Å²) in [6, 6.07) is 10.9. The molecule has 0 aliphatic heterocycles. The first-order valence-corrected chi connectivity index (χ1v) is 5.36. The molecule has 0 fully saturated rings. The van der Waals surface area contributed by atoms with Crippen LogP contribution < -0.4 is 5.32 Å². The Morgan fingerprint density at radius 1 is 1.06 bits per heavy atom. The van der Waals surface area contributed by atoms with E-state index < -0.39 is 0 Å². The molecule has 0 aromatic carbocycles. The fourth-order valence-electron chi connectivity index (χ4n) is 1.60. The van der Waals surface area contributed by atoms with Gasteiger partial charge in [0.05, 0.1) is 11.4 Å². The number of hydrogen-bond acceptors (Lipinski definition) is 3. The molecule has 17 heavy (non-hydrogen) atoms. The van der Waals surface area contributed by atoms with Crippen molar-refractivity contribution in [3.05, 3.63) is 60.2 Å². The molecular formula is C13H13N3O. The Hall–Kier alpha value is -2.23. The van der Waals surface area contributed by atoms with Gasteiger partial charge in [0.15, 0.2) is 0 Å². The van der Waals surface area contributed by atoms with E-state index in [1.807, 2.05) is 36.4 Å². The zero-order valence-corrected chi connectivity index (χ0v) is 9.50. The van der Waals surface area contributed by atoms with Crippen LogP contribution in [0.5, 0.6) is 0 Å². The van der Waals surface area contributed by atoms with Crippen LogP contribution in [0.4, 0.5) is 0 Å². The van der Waals surface area contributed by atoms with Gasteiger partial charge in [0.2, 0.25) is 5.91 Å². The lowest BCUT2D eigenvalue weighted by atomic mass is 10.1. The number of aromatic nitrogens is 2. The van der Waals surface area contributed by atoms with Crippen molar-refractivity contribution in [2.45, 2.75) is 13.0 Å². The van der Waals surface area contributed by atoms with Crippen molar-refractivity contribution in [3.8, 4) is 0 Å². The van der Waals surface area contributed by atoms with Crippen molar-refractivity contribution in [2.24, 2.45) is 0 Å². The van der Waals surface area contributed by atoms with Crippen LogP contribution in [0.15, 0.2) is 48.8 Å². The van der Waals surface area contributed by atoms with Crippen molar-refractivity contribution in [3.63, 3.8) is 0 Å². The second kappa shape index (κ2) is 5.21. The average molecular weight is 227 g/mol. The third-order valence-electron chi connectivity index (χ3n) is 2.31. The van der Waals surface area contributed by atoms with Gasteiger partial charge in [0.1, 0.15) is 6.04 Å². The smallest absolute Gasteiger partial charge is 0.217 e. The van der Waals surface area contributed by atoms with Gasteiger partial charge < -0.3 is 5.32 Å². The number of nitrogens with one attached hydrogen (secondary N) is 1. The van der Waals surface area contributed by atoms with Gasteiger partial charge in [-0.15, -0.1) is 0 Å². The molecule has 0 saturated carbocycles. The van der Waals surface area contributed by atoms with E-state index in [0.29, 0.717) is 0 Å². The summed E-state index contributed by atoms with van der Waals surface area (Å²) in [5, 5.41) is 2.85. The highest BCUT2D eigenvalue weighted by atomic mass is 16.1. The predicted molar refractivity (Wildman–Crippen MR) is 64.1 cm³/mol. The van der Waals surface area contributed by atoms with E-state index in [1.54, 1.807) is 12.4 Å². The first-order valence-electron chi connectivity index (χ1n) is 5.36. The summed E-state index contributed by atoms with van der Waals surface area (Å²) in [6.07, 6.45) is 3.40. The number of pyridine rings is 2. The Balaban J connectivity index is 2.36. The molecule has 2 aromatic heterocycles. The van der Waals surface area contributed by atoms with Crippen LogP contribution in [0.3, 0.4) is 0 Å². The highest BCUT2D eigenvalue weighted by Crippen LogP contribution is 2.17. The van der Waals surface area contributed by atoms with E-state index in [2.05, 4.69) is 15.3 Å². The molecule has 0 bridgehead atoms. The minimum absolute atomic E-state index is 0.105. The Kier molecular flexibility index (Phi) is 3.45. The van der Waals surface area contributed by atoms with Crippen molar-refractivity contribution in [1.82, 2.24) is 15.3 Å². The largest absolute Gasteiger partial charge is 0.342 e.